The highest BCUT2D eigenvalue weighted by molar-refractivity contribution is 8.04. The molecule has 0 amide bonds. The molecule has 0 heterocycles. The Morgan fingerprint density at radius 1 is 0.667 bits per heavy atom. The molecule has 1 nitrogen and oxygen atoms in total. The second-order valence-electron chi connectivity index (χ2n) is 4.27. The van der Waals surface area contributed by atoms with Crippen LogP contribution in [0.5, 0.6) is 0 Å². The minimum Gasteiger partial charge on any atom is -0.198 e. The van der Waals surface area contributed by atoms with Gasteiger partial charge in [-0.25, -0.2) is 0 Å². The molecule has 142 valence electrons. The van der Waals surface area contributed by atoms with Crippen molar-refractivity contribution < 1.29 is 57.1 Å². The Hall–Kier alpha value is -1.07. The molecule has 0 N–H and O–H groups in total. The summed E-state index contributed by atoms with van der Waals surface area (Å²) in [6, 6.07) is 0. The Morgan fingerprint density at radius 3 is 1.29 bits per heavy atom. The van der Waals surface area contributed by atoms with Crippen LogP contribution in [0.15, 0.2) is 0 Å². The molecule has 1 atom stereocenters. The summed E-state index contributed by atoms with van der Waals surface area (Å²) < 4.78 is 165. The molecule has 0 aromatic rings. The zero-order valence-electron chi connectivity index (χ0n) is 10.8. The van der Waals surface area contributed by atoms with Crippen LogP contribution >= 0.6 is 11.8 Å². The molecule has 0 bridgehead atoms. The van der Waals surface area contributed by atoms with Gasteiger partial charge in [0.05, 0.1) is 5.25 Å². The lowest BCUT2D eigenvalue weighted by Gasteiger charge is -2.40. The summed E-state index contributed by atoms with van der Waals surface area (Å²) in [5.41, 5.74) is 0. The minimum absolute atomic E-state index is 0.0160. The van der Waals surface area contributed by atoms with Crippen molar-refractivity contribution in [3.63, 3.8) is 0 Å². The Balaban J connectivity index is 6.26. The number of nitriles is 1. The van der Waals surface area contributed by atoms with Gasteiger partial charge in [-0.1, -0.05) is 0 Å². The number of alkyl halides is 13. The summed E-state index contributed by atoms with van der Waals surface area (Å²) in [6.07, 6.45) is -7.43. The van der Waals surface area contributed by atoms with Crippen molar-refractivity contribution in [2.75, 3.05) is 0 Å². The molecule has 0 aliphatic heterocycles. The van der Waals surface area contributed by atoms with E-state index in [0.29, 0.717) is 0 Å². The second-order valence-corrected chi connectivity index (χ2v) is 5.40. The topological polar surface area (TPSA) is 23.8 Å². The Morgan fingerprint density at radius 2 is 1.00 bits per heavy atom. The van der Waals surface area contributed by atoms with Crippen LogP contribution in [0.25, 0.3) is 0 Å². The fourth-order valence-corrected chi connectivity index (χ4v) is 1.64. The van der Waals surface area contributed by atoms with Crippen LogP contribution in [0.2, 0.25) is 0 Å². The van der Waals surface area contributed by atoms with Crippen molar-refractivity contribution >= 4 is 11.8 Å². The summed E-state index contributed by atoms with van der Waals surface area (Å²) in [5.74, 6) is -37.0. The normalized spacial score (nSPS) is 16.7. The van der Waals surface area contributed by atoms with E-state index in [4.69, 9.17) is 5.26 Å². The monoisotopic (exact) mass is 405 g/mol. The van der Waals surface area contributed by atoms with Gasteiger partial charge in [-0.3, -0.25) is 0 Å². The highest BCUT2D eigenvalue weighted by Crippen LogP contribution is 2.61. The van der Waals surface area contributed by atoms with Crippen LogP contribution in [0.3, 0.4) is 0 Å². The summed E-state index contributed by atoms with van der Waals surface area (Å²) in [6.45, 7) is -0.0160. The molecule has 1 unspecified atom stereocenters. The van der Waals surface area contributed by atoms with Gasteiger partial charge in [0.25, 0.3) is 0 Å². The largest absolute Gasteiger partial charge is 0.460 e. The molecule has 0 aliphatic rings. The average Bonchev–Trinajstić information content (AvgIpc) is 2.36. The number of rotatable bonds is 6. The molecule has 0 aromatic heterocycles. The van der Waals surface area contributed by atoms with Crippen molar-refractivity contribution in [1.29, 1.82) is 5.26 Å². The maximum Gasteiger partial charge on any atom is 0.460 e. The molecule has 24 heavy (non-hydrogen) atoms. The van der Waals surface area contributed by atoms with Crippen molar-refractivity contribution in [2.45, 2.75) is 48.0 Å². The van der Waals surface area contributed by atoms with Crippen LogP contribution < -0.4 is 0 Å². The van der Waals surface area contributed by atoms with Gasteiger partial charge in [-0.15, -0.1) is 0 Å². The lowest BCUT2D eigenvalue weighted by Crippen LogP contribution is -2.71. The van der Waals surface area contributed by atoms with Gasteiger partial charge < -0.3 is 0 Å². The van der Waals surface area contributed by atoms with Crippen LogP contribution in [-0.4, -0.2) is 41.0 Å². The van der Waals surface area contributed by atoms with Crippen LogP contribution in [0.4, 0.5) is 57.1 Å². The van der Waals surface area contributed by atoms with E-state index in [-0.39, 0.29) is 6.92 Å². The summed E-state index contributed by atoms with van der Waals surface area (Å²) in [5, 5.41) is 5.59. The van der Waals surface area contributed by atoms with E-state index in [9.17, 15) is 57.1 Å². The fourth-order valence-electron chi connectivity index (χ4n) is 1.19. The molecule has 0 aliphatic carbocycles. The third-order valence-electron chi connectivity index (χ3n) is 2.70. The number of nitrogens with zero attached hydrogens (tertiary/aromatic N) is 1. The van der Waals surface area contributed by atoms with Gasteiger partial charge in [0.1, 0.15) is 5.40 Å². The minimum atomic E-state index is -7.91. The Labute approximate surface area is 128 Å². The van der Waals surface area contributed by atoms with Crippen molar-refractivity contribution in [2.24, 2.45) is 0 Å². The highest BCUT2D eigenvalue weighted by atomic mass is 32.2. The van der Waals surface area contributed by atoms with Gasteiger partial charge >= 0.3 is 35.8 Å². The third-order valence-corrected chi connectivity index (χ3v) is 3.45. The zero-order valence-corrected chi connectivity index (χ0v) is 11.7. The van der Waals surface area contributed by atoms with Gasteiger partial charge in [0.2, 0.25) is 0 Å². The van der Waals surface area contributed by atoms with E-state index in [1.165, 1.54) is 0 Å². The fraction of sp³-hybridized carbons (Fsp3) is 0.889. The number of thioether (sulfide) groups is 1. The number of halogens is 13. The summed E-state index contributed by atoms with van der Waals surface area (Å²) in [4.78, 5) is 0. The first kappa shape index (κ1) is 22.9. The van der Waals surface area contributed by atoms with E-state index in [2.05, 4.69) is 0 Å². The summed E-state index contributed by atoms with van der Waals surface area (Å²) >= 11 is -0.808. The molecule has 0 rings (SSSR count). The quantitative estimate of drug-likeness (QED) is 0.441. The molecule has 0 radical (unpaired) electrons. The smallest absolute Gasteiger partial charge is 0.198 e. The first-order valence-corrected chi connectivity index (χ1v) is 6.12. The van der Waals surface area contributed by atoms with Crippen molar-refractivity contribution in [3.8, 4) is 5.40 Å². The molecular formula is C9H4F13NS. The van der Waals surface area contributed by atoms with Crippen LogP contribution in [0, 0.1) is 10.7 Å². The predicted octanol–water partition coefficient (Wildman–Crippen LogP) is 5.33. The van der Waals surface area contributed by atoms with Gasteiger partial charge in [-0.2, -0.15) is 62.3 Å². The second kappa shape index (κ2) is 6.03. The van der Waals surface area contributed by atoms with E-state index < -0.39 is 52.8 Å². The zero-order chi connectivity index (χ0) is 20.0. The number of thiocyanates is 1. The van der Waals surface area contributed by atoms with Crippen LogP contribution in [-0.2, 0) is 0 Å². The maximum atomic E-state index is 13.2. The molecule has 0 fully saturated rings. The van der Waals surface area contributed by atoms with Crippen molar-refractivity contribution in [1.82, 2.24) is 0 Å². The van der Waals surface area contributed by atoms with E-state index in [1.807, 2.05) is 0 Å². The number of hydrogen-bond donors (Lipinski definition) is 0. The first-order chi connectivity index (χ1) is 10.2. The van der Waals surface area contributed by atoms with E-state index >= 15 is 0 Å². The molecule has 0 saturated carbocycles. The lowest BCUT2D eigenvalue weighted by atomic mass is 9.93. The van der Waals surface area contributed by atoms with Gasteiger partial charge in [0, 0.05) is 0 Å². The Kier molecular flexibility index (Phi) is 5.76. The first-order valence-electron chi connectivity index (χ1n) is 5.24. The standard InChI is InChI=1S/C9H4F13NS/c1-3(24-2-23)4(10,11)5(12,13)6(14,15)7(16,17)8(18,19)9(20,21)22/h3H,1H3. The van der Waals surface area contributed by atoms with E-state index in [1.54, 1.807) is 0 Å². The molecule has 0 saturated heterocycles. The SMILES string of the molecule is CC(SC#N)C(F)(F)C(F)(F)C(F)(F)C(F)(F)C(F)(F)C(F)(F)F. The average molecular weight is 405 g/mol. The Bertz CT molecular complexity index is 503. The van der Waals surface area contributed by atoms with Crippen molar-refractivity contribution in [3.05, 3.63) is 0 Å². The van der Waals surface area contributed by atoms with Gasteiger partial charge in [-0.05, 0) is 18.7 Å². The lowest BCUT2D eigenvalue weighted by molar-refractivity contribution is -0.439. The molecular weight excluding hydrogens is 401 g/mol. The highest BCUT2D eigenvalue weighted by Gasteiger charge is 2.91. The molecule has 0 spiro atoms. The summed E-state index contributed by atoms with van der Waals surface area (Å²) in [7, 11) is 0. The number of hydrogen-bond acceptors (Lipinski definition) is 2. The maximum absolute atomic E-state index is 13.2. The third kappa shape index (κ3) is 2.97. The molecule has 0 aromatic carbocycles. The van der Waals surface area contributed by atoms with Crippen LogP contribution in [0.1, 0.15) is 6.92 Å². The van der Waals surface area contributed by atoms with E-state index in [0.717, 1.165) is 5.40 Å². The molecule has 15 heteroatoms. The van der Waals surface area contributed by atoms with Gasteiger partial charge in [0.15, 0.2) is 0 Å². The predicted molar refractivity (Wildman–Crippen MR) is 53.5 cm³/mol.